The molecule has 3 rings (SSSR count). The average molecular weight is 304 g/mol. The van der Waals surface area contributed by atoms with Gasteiger partial charge in [-0.15, -0.1) is 6.42 Å². The third kappa shape index (κ3) is 3.04. The van der Waals surface area contributed by atoms with Crippen LogP contribution in [0.5, 0.6) is 0 Å². The number of carbonyl (C=O) groups is 1. The summed E-state index contributed by atoms with van der Waals surface area (Å²) in [5, 5.41) is 3.51. The first-order valence-corrected chi connectivity index (χ1v) is 7.02. The van der Waals surface area contributed by atoms with E-state index in [-0.39, 0.29) is 11.7 Å². The minimum absolute atomic E-state index is 0.282. The summed E-state index contributed by atoms with van der Waals surface area (Å²) in [7, 11) is 0. The molecule has 0 aliphatic heterocycles. The minimum Gasteiger partial charge on any atom is -0.322 e. The van der Waals surface area contributed by atoms with Crippen molar-refractivity contribution in [3.63, 3.8) is 0 Å². The van der Waals surface area contributed by atoms with Crippen LogP contribution in [0.25, 0.3) is 10.9 Å². The fraction of sp³-hybridized carbons (Fsp3) is 0.0526. The highest BCUT2D eigenvalue weighted by Crippen LogP contribution is 2.19. The Morgan fingerprint density at radius 3 is 2.83 bits per heavy atom. The first-order valence-electron chi connectivity index (χ1n) is 7.02. The van der Waals surface area contributed by atoms with Crippen molar-refractivity contribution in [3.8, 4) is 12.3 Å². The molecule has 4 heteroatoms. The topological polar surface area (TPSA) is 42.0 Å². The zero-order chi connectivity index (χ0) is 16.4. The van der Waals surface area contributed by atoms with E-state index in [1.807, 2.05) is 0 Å². The van der Waals surface area contributed by atoms with Crippen molar-refractivity contribution >= 4 is 22.5 Å². The van der Waals surface area contributed by atoms with Crippen LogP contribution in [0, 0.1) is 25.1 Å². The molecule has 1 amide bonds. The number of anilines is 1. The van der Waals surface area contributed by atoms with Gasteiger partial charge < -0.3 is 5.32 Å². The second-order valence-corrected chi connectivity index (χ2v) is 5.14. The molecule has 0 aliphatic rings. The summed E-state index contributed by atoms with van der Waals surface area (Å²) >= 11 is 0. The Hall–Kier alpha value is -3.19. The normalized spacial score (nSPS) is 10.3. The molecule has 0 bridgehead atoms. The second kappa shape index (κ2) is 5.90. The molecular weight excluding hydrogens is 291 g/mol. The van der Waals surface area contributed by atoms with Crippen LogP contribution >= 0.6 is 0 Å². The van der Waals surface area contributed by atoms with E-state index in [0.717, 1.165) is 0 Å². The largest absolute Gasteiger partial charge is 0.322 e. The average Bonchev–Trinajstić information content (AvgIpc) is 2.54. The number of aromatic nitrogens is 1. The Labute approximate surface area is 133 Å². The number of terminal acetylenes is 1. The Morgan fingerprint density at radius 1 is 1.22 bits per heavy atom. The van der Waals surface area contributed by atoms with E-state index in [2.05, 4.69) is 16.2 Å². The number of fused-ring (bicyclic) bond motifs is 1. The number of aryl methyl sites for hydroxylation is 1. The number of nitrogens with zero attached hydrogens (tertiary/aromatic N) is 1. The van der Waals surface area contributed by atoms with Crippen molar-refractivity contribution in [3.05, 3.63) is 71.2 Å². The van der Waals surface area contributed by atoms with Crippen LogP contribution in [-0.2, 0) is 0 Å². The molecule has 0 fully saturated rings. The van der Waals surface area contributed by atoms with E-state index in [0.29, 0.717) is 33.4 Å². The lowest BCUT2D eigenvalue weighted by Gasteiger charge is -2.09. The summed E-state index contributed by atoms with van der Waals surface area (Å²) in [5.41, 5.74) is 2.80. The quantitative estimate of drug-likeness (QED) is 0.729. The molecule has 0 radical (unpaired) electrons. The van der Waals surface area contributed by atoms with E-state index in [9.17, 15) is 9.18 Å². The fourth-order valence-corrected chi connectivity index (χ4v) is 2.35. The molecule has 23 heavy (non-hydrogen) atoms. The molecule has 3 nitrogen and oxygen atoms in total. The number of pyridine rings is 1. The third-order valence-corrected chi connectivity index (χ3v) is 3.50. The van der Waals surface area contributed by atoms with Crippen molar-refractivity contribution < 1.29 is 9.18 Å². The highest BCUT2D eigenvalue weighted by atomic mass is 19.1. The van der Waals surface area contributed by atoms with E-state index >= 15 is 0 Å². The zero-order valence-corrected chi connectivity index (χ0v) is 12.4. The van der Waals surface area contributed by atoms with Gasteiger partial charge in [-0.1, -0.05) is 12.0 Å². The first kappa shape index (κ1) is 14.7. The van der Waals surface area contributed by atoms with Crippen LogP contribution < -0.4 is 5.32 Å². The minimum atomic E-state index is -0.354. The monoisotopic (exact) mass is 304 g/mol. The molecule has 112 valence electrons. The number of rotatable bonds is 2. The van der Waals surface area contributed by atoms with Gasteiger partial charge >= 0.3 is 0 Å². The van der Waals surface area contributed by atoms with Crippen LogP contribution in [-0.4, -0.2) is 10.9 Å². The van der Waals surface area contributed by atoms with Gasteiger partial charge in [0.25, 0.3) is 5.91 Å². The Balaban J connectivity index is 1.95. The highest BCUT2D eigenvalue weighted by Gasteiger charge is 2.12. The predicted molar refractivity (Wildman–Crippen MR) is 88.8 cm³/mol. The maximum Gasteiger partial charge on any atom is 0.257 e. The molecule has 0 aliphatic carbocycles. The van der Waals surface area contributed by atoms with Crippen molar-refractivity contribution in [1.29, 1.82) is 0 Å². The molecule has 0 saturated carbocycles. The van der Waals surface area contributed by atoms with Crippen molar-refractivity contribution in [1.82, 2.24) is 4.98 Å². The fourth-order valence-electron chi connectivity index (χ4n) is 2.35. The van der Waals surface area contributed by atoms with E-state index in [1.54, 1.807) is 43.3 Å². The summed E-state index contributed by atoms with van der Waals surface area (Å²) in [5.74, 6) is 1.89. The number of halogens is 1. The van der Waals surface area contributed by atoms with Gasteiger partial charge in [-0.05, 0) is 43.3 Å². The number of hydrogen-bond acceptors (Lipinski definition) is 2. The Morgan fingerprint density at radius 2 is 2.04 bits per heavy atom. The van der Waals surface area contributed by atoms with Crippen LogP contribution in [0.3, 0.4) is 0 Å². The Kier molecular flexibility index (Phi) is 3.78. The summed E-state index contributed by atoms with van der Waals surface area (Å²) in [6, 6.07) is 13.0. The number of amides is 1. The number of nitrogens with one attached hydrogen (secondary N) is 1. The lowest BCUT2D eigenvalue weighted by Crippen LogP contribution is -2.14. The van der Waals surface area contributed by atoms with Gasteiger partial charge in [0.05, 0.1) is 16.8 Å². The van der Waals surface area contributed by atoms with Gasteiger partial charge in [0.2, 0.25) is 0 Å². The predicted octanol–water partition coefficient (Wildman–Crippen LogP) is 3.92. The Bertz CT molecular complexity index is 957. The molecule has 1 N–H and O–H groups in total. The van der Waals surface area contributed by atoms with E-state index in [1.165, 1.54) is 12.1 Å². The van der Waals surface area contributed by atoms with Gasteiger partial charge in [0, 0.05) is 22.7 Å². The molecule has 0 spiro atoms. The molecule has 1 heterocycles. The smallest absolute Gasteiger partial charge is 0.257 e. The lowest BCUT2D eigenvalue weighted by atomic mass is 10.1. The standard InChI is InChI=1S/C19H13FN2O/c1-3-13-5-4-6-16(9-13)22-19(23)17-10-14-7-8-15(20)11-18(14)21-12(17)2/h1,4-11H,2H3,(H,22,23). The van der Waals surface area contributed by atoms with Gasteiger partial charge in [-0.2, -0.15) is 0 Å². The molecule has 0 saturated heterocycles. The number of benzene rings is 2. The van der Waals surface area contributed by atoms with Crippen LogP contribution in [0.4, 0.5) is 10.1 Å². The van der Waals surface area contributed by atoms with Gasteiger partial charge in [0.15, 0.2) is 0 Å². The highest BCUT2D eigenvalue weighted by molar-refractivity contribution is 6.06. The van der Waals surface area contributed by atoms with E-state index < -0.39 is 0 Å². The number of carbonyl (C=O) groups excluding carboxylic acids is 1. The maximum atomic E-state index is 13.3. The van der Waals surface area contributed by atoms with Crippen LogP contribution in [0.1, 0.15) is 21.6 Å². The zero-order valence-electron chi connectivity index (χ0n) is 12.4. The summed E-state index contributed by atoms with van der Waals surface area (Å²) < 4.78 is 13.3. The molecule has 1 aromatic heterocycles. The van der Waals surface area contributed by atoms with Crippen molar-refractivity contribution in [2.75, 3.05) is 5.32 Å². The molecule has 0 atom stereocenters. The van der Waals surface area contributed by atoms with Crippen LogP contribution in [0.2, 0.25) is 0 Å². The van der Waals surface area contributed by atoms with Crippen molar-refractivity contribution in [2.24, 2.45) is 0 Å². The second-order valence-electron chi connectivity index (χ2n) is 5.14. The SMILES string of the molecule is C#Cc1cccc(NC(=O)c2cc3ccc(F)cc3nc2C)c1. The summed E-state index contributed by atoms with van der Waals surface area (Å²) in [6.07, 6.45) is 5.36. The van der Waals surface area contributed by atoms with E-state index in [4.69, 9.17) is 6.42 Å². The third-order valence-electron chi connectivity index (χ3n) is 3.50. The molecule has 2 aromatic carbocycles. The lowest BCUT2D eigenvalue weighted by molar-refractivity contribution is 0.102. The molecule has 3 aromatic rings. The van der Waals surface area contributed by atoms with Gasteiger partial charge in [-0.3, -0.25) is 9.78 Å². The first-order chi connectivity index (χ1) is 11.1. The molecule has 0 unspecified atom stereocenters. The van der Waals surface area contributed by atoms with Crippen LogP contribution in [0.15, 0.2) is 48.5 Å². The van der Waals surface area contributed by atoms with Crippen molar-refractivity contribution in [2.45, 2.75) is 6.92 Å². The maximum absolute atomic E-state index is 13.3. The van der Waals surface area contributed by atoms with Gasteiger partial charge in [0.1, 0.15) is 5.82 Å². The summed E-state index contributed by atoms with van der Waals surface area (Å²) in [6.45, 7) is 1.72. The molecular formula is C19H13FN2O. The summed E-state index contributed by atoms with van der Waals surface area (Å²) in [4.78, 5) is 16.8. The van der Waals surface area contributed by atoms with Gasteiger partial charge in [-0.25, -0.2) is 4.39 Å². The number of hydrogen-bond donors (Lipinski definition) is 1.